The number of methoxy groups -OCH3 is 2. The third kappa shape index (κ3) is 4.37. The molecule has 2 aromatic carbocycles. The lowest BCUT2D eigenvalue weighted by molar-refractivity contribution is 0.0600. The van der Waals surface area contributed by atoms with Gasteiger partial charge in [0.2, 0.25) is 0 Å². The molecule has 1 heterocycles. The number of rotatable bonds is 7. The predicted octanol–water partition coefficient (Wildman–Crippen LogP) is 2.64. The number of carbonyl (C=O) groups is 2. The van der Waals surface area contributed by atoms with Crippen LogP contribution in [0.3, 0.4) is 0 Å². The molecule has 28 heavy (non-hydrogen) atoms. The zero-order valence-corrected chi connectivity index (χ0v) is 15.7. The Morgan fingerprint density at radius 3 is 2.39 bits per heavy atom. The molecule has 0 saturated heterocycles. The molecule has 1 amide bonds. The van der Waals surface area contributed by atoms with Crippen LogP contribution in [0, 0.1) is 0 Å². The van der Waals surface area contributed by atoms with Crippen LogP contribution in [0.15, 0.2) is 60.8 Å². The molecule has 0 aliphatic heterocycles. The van der Waals surface area contributed by atoms with Gasteiger partial charge in [0, 0.05) is 6.54 Å². The number of aromatic nitrogens is 2. The van der Waals surface area contributed by atoms with Crippen molar-refractivity contribution < 1.29 is 19.1 Å². The molecule has 0 bridgehead atoms. The number of carbonyl (C=O) groups excluding carboxylic acids is 2. The lowest BCUT2D eigenvalue weighted by Crippen LogP contribution is -2.26. The first-order valence-electron chi connectivity index (χ1n) is 8.77. The third-order valence-electron chi connectivity index (χ3n) is 4.21. The third-order valence-corrected chi connectivity index (χ3v) is 4.21. The number of para-hydroxylation sites is 1. The largest absolute Gasteiger partial charge is 0.493 e. The number of hydrogen-bond acceptors (Lipinski definition) is 5. The van der Waals surface area contributed by atoms with E-state index in [4.69, 9.17) is 4.74 Å². The molecule has 0 saturated carbocycles. The normalized spacial score (nSPS) is 10.4. The van der Waals surface area contributed by atoms with E-state index < -0.39 is 0 Å². The summed E-state index contributed by atoms with van der Waals surface area (Å²) in [6, 6.07) is 16.6. The van der Waals surface area contributed by atoms with Crippen LogP contribution in [0.4, 0.5) is 0 Å². The average Bonchev–Trinajstić information content (AvgIpc) is 3.19. The van der Waals surface area contributed by atoms with Gasteiger partial charge in [-0.1, -0.05) is 30.3 Å². The smallest absolute Gasteiger partial charge is 0.337 e. The fraction of sp³-hybridized carbons (Fsp3) is 0.190. The number of ether oxygens (including phenoxy) is 2. The molecule has 0 spiro atoms. The van der Waals surface area contributed by atoms with Crippen molar-refractivity contribution in [3.05, 3.63) is 77.6 Å². The first-order chi connectivity index (χ1) is 13.6. The summed E-state index contributed by atoms with van der Waals surface area (Å²) in [5.74, 6) is -0.276. The fourth-order valence-corrected chi connectivity index (χ4v) is 2.71. The topological polar surface area (TPSA) is 82.5 Å². The Hall–Kier alpha value is -3.61. The van der Waals surface area contributed by atoms with Gasteiger partial charge in [0.05, 0.1) is 31.7 Å². The Labute approximate surface area is 162 Å². The van der Waals surface area contributed by atoms with E-state index in [9.17, 15) is 9.59 Å². The van der Waals surface area contributed by atoms with Crippen LogP contribution in [-0.4, -0.2) is 42.4 Å². The molecule has 0 unspecified atom stereocenters. The van der Waals surface area contributed by atoms with Gasteiger partial charge in [-0.05, 0) is 36.2 Å². The van der Waals surface area contributed by atoms with E-state index in [1.165, 1.54) is 14.2 Å². The summed E-state index contributed by atoms with van der Waals surface area (Å²) in [5, 5.41) is 7.19. The molecular weight excluding hydrogens is 358 g/mol. The number of hydrogen-bond donors (Lipinski definition) is 1. The van der Waals surface area contributed by atoms with E-state index >= 15 is 0 Å². The summed E-state index contributed by atoms with van der Waals surface area (Å²) in [4.78, 5) is 24.0. The molecule has 0 aliphatic carbocycles. The standard InChI is InChI=1S/C21H21N3O4/c1-27-18-14-24(17-6-4-3-5-7-17)23-19(18)20(25)22-13-12-15-8-10-16(11-9-15)21(26)28-2/h3-11,14H,12-13H2,1-2H3,(H,22,25). The quantitative estimate of drug-likeness (QED) is 0.638. The van der Waals surface area contributed by atoms with Crippen LogP contribution in [0.1, 0.15) is 26.4 Å². The zero-order chi connectivity index (χ0) is 19.9. The second-order valence-electron chi connectivity index (χ2n) is 6.02. The van der Waals surface area contributed by atoms with Gasteiger partial charge in [0.15, 0.2) is 11.4 Å². The predicted molar refractivity (Wildman–Crippen MR) is 104 cm³/mol. The van der Waals surface area contributed by atoms with Crippen molar-refractivity contribution >= 4 is 11.9 Å². The van der Waals surface area contributed by atoms with Crippen molar-refractivity contribution in [2.75, 3.05) is 20.8 Å². The molecule has 7 nitrogen and oxygen atoms in total. The highest BCUT2D eigenvalue weighted by Gasteiger charge is 2.18. The van der Waals surface area contributed by atoms with Crippen LogP contribution in [0.2, 0.25) is 0 Å². The molecule has 0 fully saturated rings. The molecule has 3 aromatic rings. The summed E-state index contributed by atoms with van der Waals surface area (Å²) in [6.07, 6.45) is 2.30. The highest BCUT2D eigenvalue weighted by molar-refractivity contribution is 5.95. The molecule has 1 N–H and O–H groups in total. The Balaban J connectivity index is 1.62. The lowest BCUT2D eigenvalue weighted by atomic mass is 10.1. The van der Waals surface area contributed by atoms with Crippen molar-refractivity contribution in [1.29, 1.82) is 0 Å². The summed E-state index contributed by atoms with van der Waals surface area (Å²) >= 11 is 0. The van der Waals surface area contributed by atoms with Crippen LogP contribution in [0.25, 0.3) is 5.69 Å². The minimum absolute atomic E-state index is 0.229. The summed E-state index contributed by atoms with van der Waals surface area (Å²) < 4.78 is 11.6. The Bertz CT molecular complexity index is 950. The minimum atomic E-state index is -0.374. The van der Waals surface area contributed by atoms with Crippen molar-refractivity contribution in [3.8, 4) is 11.4 Å². The zero-order valence-electron chi connectivity index (χ0n) is 15.7. The first-order valence-corrected chi connectivity index (χ1v) is 8.77. The number of esters is 1. The average molecular weight is 379 g/mol. The van der Waals surface area contributed by atoms with E-state index in [1.807, 2.05) is 42.5 Å². The molecule has 144 valence electrons. The van der Waals surface area contributed by atoms with Gasteiger partial charge in [-0.15, -0.1) is 0 Å². The van der Waals surface area contributed by atoms with Crippen LogP contribution < -0.4 is 10.1 Å². The lowest BCUT2D eigenvalue weighted by Gasteiger charge is -2.06. The summed E-state index contributed by atoms with van der Waals surface area (Å²) in [6.45, 7) is 0.428. The van der Waals surface area contributed by atoms with E-state index in [0.29, 0.717) is 24.3 Å². The van der Waals surface area contributed by atoms with Crippen molar-refractivity contribution in [2.45, 2.75) is 6.42 Å². The Morgan fingerprint density at radius 2 is 1.75 bits per heavy atom. The van der Waals surface area contributed by atoms with Gasteiger partial charge in [-0.3, -0.25) is 4.79 Å². The van der Waals surface area contributed by atoms with Crippen LogP contribution in [0.5, 0.6) is 5.75 Å². The van der Waals surface area contributed by atoms with Gasteiger partial charge in [0.1, 0.15) is 0 Å². The highest BCUT2D eigenvalue weighted by atomic mass is 16.5. The maximum absolute atomic E-state index is 12.5. The van der Waals surface area contributed by atoms with E-state index in [1.54, 1.807) is 23.0 Å². The minimum Gasteiger partial charge on any atom is -0.493 e. The van der Waals surface area contributed by atoms with Crippen LogP contribution >= 0.6 is 0 Å². The Morgan fingerprint density at radius 1 is 1.04 bits per heavy atom. The molecule has 7 heteroatoms. The SMILES string of the molecule is COC(=O)c1ccc(CCNC(=O)c2nn(-c3ccccc3)cc2OC)cc1. The summed E-state index contributed by atoms with van der Waals surface area (Å²) in [5.41, 5.74) is 2.55. The monoisotopic (exact) mass is 379 g/mol. The molecule has 3 rings (SSSR count). The Kier molecular flexibility index (Phi) is 6.06. The van der Waals surface area contributed by atoms with Crippen molar-refractivity contribution in [1.82, 2.24) is 15.1 Å². The molecule has 0 atom stereocenters. The number of nitrogens with one attached hydrogen (secondary N) is 1. The van der Waals surface area contributed by atoms with E-state index in [0.717, 1.165) is 11.3 Å². The molecule has 0 radical (unpaired) electrons. The highest BCUT2D eigenvalue weighted by Crippen LogP contribution is 2.19. The molecule has 1 aromatic heterocycles. The molecular formula is C21H21N3O4. The van der Waals surface area contributed by atoms with Gasteiger partial charge >= 0.3 is 5.97 Å². The van der Waals surface area contributed by atoms with Gasteiger partial charge in [-0.25, -0.2) is 9.48 Å². The summed E-state index contributed by atoms with van der Waals surface area (Å²) in [7, 11) is 2.85. The fourth-order valence-electron chi connectivity index (χ4n) is 2.71. The van der Waals surface area contributed by atoms with Crippen molar-refractivity contribution in [3.63, 3.8) is 0 Å². The van der Waals surface area contributed by atoms with E-state index in [2.05, 4.69) is 15.2 Å². The number of nitrogens with zero attached hydrogens (tertiary/aromatic N) is 2. The van der Waals surface area contributed by atoms with Gasteiger partial charge in [-0.2, -0.15) is 5.10 Å². The maximum Gasteiger partial charge on any atom is 0.337 e. The van der Waals surface area contributed by atoms with E-state index in [-0.39, 0.29) is 17.6 Å². The van der Waals surface area contributed by atoms with Crippen molar-refractivity contribution in [2.24, 2.45) is 0 Å². The number of amides is 1. The number of benzene rings is 2. The van der Waals surface area contributed by atoms with Crippen LogP contribution in [-0.2, 0) is 11.2 Å². The second kappa shape index (κ2) is 8.85. The second-order valence-corrected chi connectivity index (χ2v) is 6.02. The van der Waals surface area contributed by atoms with Gasteiger partial charge < -0.3 is 14.8 Å². The molecule has 0 aliphatic rings. The maximum atomic E-state index is 12.5. The first kappa shape index (κ1) is 19.2. The van der Waals surface area contributed by atoms with Gasteiger partial charge in [0.25, 0.3) is 5.91 Å².